The lowest BCUT2D eigenvalue weighted by atomic mass is 9.84. The first-order chi connectivity index (χ1) is 9.30. The summed E-state index contributed by atoms with van der Waals surface area (Å²) in [6, 6.07) is 4.44. The second-order valence-corrected chi connectivity index (χ2v) is 7.08. The number of carbonyl (C=O) groups is 1. The molecule has 1 saturated heterocycles. The molecule has 1 aliphatic heterocycles. The third kappa shape index (κ3) is 3.28. The molecule has 20 heavy (non-hydrogen) atoms. The maximum Gasteiger partial charge on any atom is 0.270 e. The van der Waals surface area contributed by atoms with Gasteiger partial charge in [0.1, 0.15) is 0 Å². The van der Waals surface area contributed by atoms with Gasteiger partial charge in [-0.15, -0.1) is 0 Å². The van der Waals surface area contributed by atoms with Crippen molar-refractivity contribution in [1.82, 2.24) is 4.90 Å². The number of benzene rings is 1. The van der Waals surface area contributed by atoms with E-state index in [-0.39, 0.29) is 17.0 Å². The lowest BCUT2D eigenvalue weighted by Crippen LogP contribution is -2.43. The van der Waals surface area contributed by atoms with Gasteiger partial charge in [-0.25, -0.2) is 0 Å². The number of likely N-dealkylation sites (tertiary alicyclic amines) is 1. The SMILES string of the molecule is CC1(C)CCCN(C(=O)c2cc([N+](=O)[O-])ccc2I)C1. The van der Waals surface area contributed by atoms with Crippen LogP contribution in [-0.4, -0.2) is 28.8 Å². The Morgan fingerprint density at radius 2 is 2.15 bits per heavy atom. The average molecular weight is 388 g/mol. The van der Waals surface area contributed by atoms with Gasteiger partial charge in [0.05, 0.1) is 10.5 Å². The number of hydrogen-bond donors (Lipinski definition) is 0. The van der Waals surface area contributed by atoms with Crippen molar-refractivity contribution in [3.05, 3.63) is 37.4 Å². The van der Waals surface area contributed by atoms with Gasteiger partial charge in [-0.05, 0) is 46.9 Å². The Hall–Kier alpha value is -1.18. The van der Waals surface area contributed by atoms with Crippen LogP contribution >= 0.6 is 22.6 Å². The Morgan fingerprint density at radius 3 is 2.75 bits per heavy atom. The van der Waals surface area contributed by atoms with Gasteiger partial charge in [-0.2, -0.15) is 0 Å². The minimum absolute atomic E-state index is 0.0370. The van der Waals surface area contributed by atoms with E-state index in [2.05, 4.69) is 36.4 Å². The second kappa shape index (κ2) is 5.67. The van der Waals surface area contributed by atoms with Gasteiger partial charge < -0.3 is 4.90 Å². The molecule has 0 aliphatic carbocycles. The Morgan fingerprint density at radius 1 is 1.45 bits per heavy atom. The first kappa shape index (κ1) is 15.2. The van der Waals surface area contributed by atoms with E-state index in [0.29, 0.717) is 12.1 Å². The highest BCUT2D eigenvalue weighted by Crippen LogP contribution is 2.30. The van der Waals surface area contributed by atoms with Crippen molar-refractivity contribution in [2.75, 3.05) is 13.1 Å². The normalized spacial score (nSPS) is 17.9. The summed E-state index contributed by atoms with van der Waals surface area (Å²) >= 11 is 2.05. The van der Waals surface area contributed by atoms with E-state index >= 15 is 0 Å². The molecule has 0 saturated carbocycles. The van der Waals surface area contributed by atoms with Crippen LogP contribution in [-0.2, 0) is 0 Å². The molecule has 108 valence electrons. The van der Waals surface area contributed by atoms with Crippen LogP contribution in [0.25, 0.3) is 0 Å². The number of nitro groups is 1. The molecule has 1 fully saturated rings. The summed E-state index contributed by atoms with van der Waals surface area (Å²) in [5.41, 5.74) is 0.502. The van der Waals surface area contributed by atoms with Crippen LogP contribution in [0.3, 0.4) is 0 Å². The molecule has 0 unspecified atom stereocenters. The molecular weight excluding hydrogens is 371 g/mol. The number of halogens is 1. The fraction of sp³-hybridized carbons (Fsp3) is 0.500. The largest absolute Gasteiger partial charge is 0.338 e. The van der Waals surface area contributed by atoms with Crippen molar-refractivity contribution in [2.45, 2.75) is 26.7 Å². The standard InChI is InChI=1S/C14H17IN2O3/c1-14(2)6-3-7-16(9-14)13(18)11-8-10(17(19)20)4-5-12(11)15/h4-5,8H,3,6-7,9H2,1-2H3. The molecule has 0 aromatic heterocycles. The number of nitrogens with zero attached hydrogens (tertiary/aromatic N) is 2. The van der Waals surface area contributed by atoms with Crippen molar-refractivity contribution in [3.8, 4) is 0 Å². The quantitative estimate of drug-likeness (QED) is 0.443. The number of hydrogen-bond acceptors (Lipinski definition) is 3. The number of non-ortho nitro benzene ring substituents is 1. The summed E-state index contributed by atoms with van der Waals surface area (Å²) < 4.78 is 0.751. The summed E-state index contributed by atoms with van der Waals surface area (Å²) in [6.45, 7) is 5.71. The molecule has 6 heteroatoms. The third-order valence-corrected chi connectivity index (χ3v) is 4.52. The van der Waals surface area contributed by atoms with E-state index < -0.39 is 4.92 Å². The highest BCUT2D eigenvalue weighted by Gasteiger charge is 2.30. The zero-order valence-electron chi connectivity index (χ0n) is 11.6. The van der Waals surface area contributed by atoms with Gasteiger partial charge in [0.25, 0.3) is 11.6 Å². The molecule has 1 aromatic carbocycles. The zero-order chi connectivity index (χ0) is 14.9. The number of carbonyl (C=O) groups excluding carboxylic acids is 1. The van der Waals surface area contributed by atoms with Gasteiger partial charge in [0.15, 0.2) is 0 Å². The van der Waals surface area contributed by atoms with Crippen LogP contribution in [0.4, 0.5) is 5.69 Å². The van der Waals surface area contributed by atoms with Crippen LogP contribution in [0.5, 0.6) is 0 Å². The van der Waals surface area contributed by atoms with Crippen molar-refractivity contribution in [3.63, 3.8) is 0 Å². The highest BCUT2D eigenvalue weighted by atomic mass is 127. The molecular formula is C14H17IN2O3. The van der Waals surface area contributed by atoms with Gasteiger partial charge in [-0.1, -0.05) is 13.8 Å². The van der Waals surface area contributed by atoms with Crippen LogP contribution in [0.2, 0.25) is 0 Å². The Labute approximate surface area is 131 Å². The summed E-state index contributed by atoms with van der Waals surface area (Å²) in [5.74, 6) is -0.106. The summed E-state index contributed by atoms with van der Waals surface area (Å²) in [5, 5.41) is 10.8. The van der Waals surface area contributed by atoms with Crippen LogP contribution in [0.15, 0.2) is 18.2 Å². The Balaban J connectivity index is 2.29. The molecule has 0 spiro atoms. The molecule has 1 heterocycles. The number of amides is 1. The Kier molecular flexibility index (Phi) is 4.31. The monoisotopic (exact) mass is 388 g/mol. The van der Waals surface area contributed by atoms with Gasteiger partial charge in [0.2, 0.25) is 0 Å². The number of nitro benzene ring substituents is 1. The molecule has 0 atom stereocenters. The smallest absolute Gasteiger partial charge is 0.270 e. The first-order valence-electron chi connectivity index (χ1n) is 6.53. The van der Waals surface area contributed by atoms with E-state index in [9.17, 15) is 14.9 Å². The van der Waals surface area contributed by atoms with Crippen LogP contribution in [0.1, 0.15) is 37.0 Å². The van der Waals surface area contributed by atoms with Gasteiger partial charge in [0, 0.05) is 28.8 Å². The average Bonchev–Trinajstić information content (AvgIpc) is 2.37. The molecule has 1 amide bonds. The summed E-state index contributed by atoms with van der Waals surface area (Å²) in [4.78, 5) is 24.8. The number of rotatable bonds is 2. The summed E-state index contributed by atoms with van der Waals surface area (Å²) in [6.07, 6.45) is 2.08. The van der Waals surface area contributed by atoms with E-state index in [1.165, 1.54) is 12.1 Å². The lowest BCUT2D eigenvalue weighted by Gasteiger charge is -2.38. The fourth-order valence-electron chi connectivity index (χ4n) is 2.56. The minimum Gasteiger partial charge on any atom is -0.338 e. The van der Waals surface area contributed by atoms with Crippen molar-refractivity contribution >= 4 is 34.2 Å². The predicted octanol–water partition coefficient (Wildman–Crippen LogP) is 3.46. The highest BCUT2D eigenvalue weighted by molar-refractivity contribution is 14.1. The van der Waals surface area contributed by atoms with Crippen LogP contribution < -0.4 is 0 Å². The molecule has 1 aromatic rings. The molecule has 2 rings (SSSR count). The number of piperidine rings is 1. The minimum atomic E-state index is -0.465. The third-order valence-electron chi connectivity index (χ3n) is 3.58. The van der Waals surface area contributed by atoms with Gasteiger partial charge >= 0.3 is 0 Å². The van der Waals surface area contributed by atoms with Gasteiger partial charge in [-0.3, -0.25) is 14.9 Å². The van der Waals surface area contributed by atoms with E-state index in [1.807, 2.05) is 4.90 Å². The molecule has 5 nitrogen and oxygen atoms in total. The molecule has 0 radical (unpaired) electrons. The first-order valence-corrected chi connectivity index (χ1v) is 7.61. The molecule has 0 bridgehead atoms. The molecule has 0 N–H and O–H groups in total. The predicted molar refractivity (Wildman–Crippen MR) is 84.7 cm³/mol. The lowest BCUT2D eigenvalue weighted by molar-refractivity contribution is -0.384. The maximum atomic E-state index is 12.6. The molecule has 1 aliphatic rings. The zero-order valence-corrected chi connectivity index (χ0v) is 13.7. The van der Waals surface area contributed by atoms with Crippen molar-refractivity contribution in [2.24, 2.45) is 5.41 Å². The van der Waals surface area contributed by atoms with E-state index in [0.717, 1.165) is 23.0 Å². The van der Waals surface area contributed by atoms with Crippen LogP contribution in [0, 0.1) is 19.1 Å². The summed E-state index contributed by atoms with van der Waals surface area (Å²) in [7, 11) is 0. The Bertz CT molecular complexity index is 557. The fourth-order valence-corrected chi connectivity index (χ4v) is 3.12. The topological polar surface area (TPSA) is 63.5 Å². The van der Waals surface area contributed by atoms with Crippen molar-refractivity contribution in [1.29, 1.82) is 0 Å². The maximum absolute atomic E-state index is 12.6. The second-order valence-electron chi connectivity index (χ2n) is 5.92. The van der Waals surface area contributed by atoms with Crippen molar-refractivity contribution < 1.29 is 9.72 Å². The van der Waals surface area contributed by atoms with E-state index in [1.54, 1.807) is 6.07 Å². The van der Waals surface area contributed by atoms with E-state index in [4.69, 9.17) is 0 Å².